The van der Waals surface area contributed by atoms with Crippen LogP contribution >= 0.6 is 0 Å². The molecule has 9 heavy (non-hydrogen) atoms. The molecular weight excluding hydrogens is 122 g/mol. The summed E-state index contributed by atoms with van der Waals surface area (Å²) in [7, 11) is 0. The van der Waals surface area contributed by atoms with Gasteiger partial charge in [0.2, 0.25) is 0 Å². The lowest BCUT2D eigenvalue weighted by molar-refractivity contribution is 0.583. The Morgan fingerprint density at radius 2 is 2.00 bits per heavy atom. The van der Waals surface area contributed by atoms with Crippen molar-refractivity contribution in [3.8, 4) is 0 Å². The number of hydrogen-bond acceptors (Lipinski definition) is 0. The molecule has 0 aromatic rings. The maximum Gasteiger partial charge on any atom is 0.126 e. The predicted molar refractivity (Wildman–Crippen MR) is 32.1 cm³/mol. The summed E-state index contributed by atoms with van der Waals surface area (Å²) in [5.74, 6) is -1.01. The Balaban J connectivity index is 2.86. The van der Waals surface area contributed by atoms with Gasteiger partial charge in [-0.2, -0.15) is 0 Å². The van der Waals surface area contributed by atoms with E-state index in [2.05, 4.69) is 6.58 Å². The van der Waals surface area contributed by atoms with Crippen LogP contribution in [0.4, 0.5) is 8.78 Å². The zero-order chi connectivity index (χ0) is 6.85. The molecule has 2 heteroatoms. The summed E-state index contributed by atoms with van der Waals surface area (Å²) in [6.45, 7) is 3.42. The van der Waals surface area contributed by atoms with Gasteiger partial charge < -0.3 is 0 Å². The summed E-state index contributed by atoms with van der Waals surface area (Å²) in [6.07, 6.45) is 2.24. The topological polar surface area (TPSA) is 0 Å². The van der Waals surface area contributed by atoms with E-state index in [-0.39, 0.29) is 6.42 Å². The molecule has 0 radical (unpaired) electrons. The lowest BCUT2D eigenvalue weighted by atomic mass is 10.1. The summed E-state index contributed by atoms with van der Waals surface area (Å²) in [4.78, 5) is 0. The lowest BCUT2D eigenvalue weighted by Gasteiger charge is -2.02. The van der Waals surface area contributed by atoms with Crippen molar-refractivity contribution >= 4 is 0 Å². The molecule has 0 heterocycles. The molecule has 0 spiro atoms. The van der Waals surface area contributed by atoms with Gasteiger partial charge in [0, 0.05) is 12.5 Å². The average Bonchev–Trinajstić information content (AvgIpc) is 1.59. The van der Waals surface area contributed by atoms with Gasteiger partial charge in [0.05, 0.1) is 0 Å². The van der Waals surface area contributed by atoms with Crippen molar-refractivity contribution < 1.29 is 8.78 Å². The Morgan fingerprint density at radius 3 is 2.44 bits per heavy atom. The summed E-state index contributed by atoms with van der Waals surface area (Å²) in [5, 5.41) is 0. The molecule has 0 saturated heterocycles. The Bertz CT molecular complexity index is 199. The average molecular weight is 128 g/mol. The van der Waals surface area contributed by atoms with Crippen molar-refractivity contribution in [1.29, 1.82) is 0 Å². The van der Waals surface area contributed by atoms with Gasteiger partial charge in [0.15, 0.2) is 0 Å². The standard InChI is InChI=1S/C7H6F2/c1-5-2-6(8)4-7(9)3-5/h2,4H,1,3H2. The third-order valence-corrected chi connectivity index (χ3v) is 1.03. The third kappa shape index (κ3) is 1.49. The molecule has 1 aliphatic carbocycles. The normalized spacial score (nSPS) is 19.1. The van der Waals surface area contributed by atoms with Crippen molar-refractivity contribution in [3.63, 3.8) is 0 Å². The van der Waals surface area contributed by atoms with Crippen LogP contribution in [0.15, 0.2) is 36.0 Å². The van der Waals surface area contributed by atoms with Crippen LogP contribution in [0.3, 0.4) is 0 Å². The minimum absolute atomic E-state index is 0.146. The second kappa shape index (κ2) is 2.13. The van der Waals surface area contributed by atoms with Crippen LogP contribution in [0.2, 0.25) is 0 Å². The van der Waals surface area contributed by atoms with Crippen LogP contribution < -0.4 is 0 Å². The van der Waals surface area contributed by atoms with Gasteiger partial charge in [-0.25, -0.2) is 8.78 Å². The van der Waals surface area contributed by atoms with Crippen molar-refractivity contribution in [2.24, 2.45) is 0 Å². The molecule has 0 aliphatic heterocycles. The van der Waals surface area contributed by atoms with Crippen molar-refractivity contribution in [3.05, 3.63) is 36.0 Å². The van der Waals surface area contributed by atoms with E-state index in [1.165, 1.54) is 6.08 Å². The van der Waals surface area contributed by atoms with Gasteiger partial charge in [0.25, 0.3) is 0 Å². The second-order valence-electron chi connectivity index (χ2n) is 1.96. The van der Waals surface area contributed by atoms with Crippen LogP contribution in [0.1, 0.15) is 6.42 Å². The molecule has 1 aliphatic rings. The number of halogens is 2. The summed E-state index contributed by atoms with van der Waals surface area (Å²) in [5.41, 5.74) is 0.479. The highest BCUT2D eigenvalue weighted by atomic mass is 19.1. The summed E-state index contributed by atoms with van der Waals surface area (Å²) >= 11 is 0. The first-order valence-corrected chi connectivity index (χ1v) is 2.59. The summed E-state index contributed by atoms with van der Waals surface area (Å²) < 4.78 is 24.4. The zero-order valence-corrected chi connectivity index (χ0v) is 4.82. The van der Waals surface area contributed by atoms with Gasteiger partial charge in [-0.1, -0.05) is 6.58 Å². The molecule has 0 amide bonds. The molecule has 1 rings (SSSR count). The fraction of sp³-hybridized carbons (Fsp3) is 0.143. The molecule has 0 aromatic heterocycles. The minimum Gasteiger partial charge on any atom is -0.211 e. The van der Waals surface area contributed by atoms with Crippen LogP contribution in [-0.2, 0) is 0 Å². The second-order valence-corrected chi connectivity index (χ2v) is 1.96. The maximum absolute atomic E-state index is 12.2. The largest absolute Gasteiger partial charge is 0.211 e. The van der Waals surface area contributed by atoms with E-state index < -0.39 is 11.7 Å². The van der Waals surface area contributed by atoms with Gasteiger partial charge in [-0.05, 0) is 11.6 Å². The Hall–Kier alpha value is -0.920. The van der Waals surface area contributed by atoms with Crippen LogP contribution in [-0.4, -0.2) is 0 Å². The molecule has 0 atom stereocenters. The predicted octanol–water partition coefficient (Wildman–Crippen LogP) is 2.65. The van der Waals surface area contributed by atoms with Gasteiger partial charge in [-0.3, -0.25) is 0 Å². The zero-order valence-electron chi connectivity index (χ0n) is 4.82. The van der Waals surface area contributed by atoms with Crippen LogP contribution in [0.25, 0.3) is 0 Å². The summed E-state index contributed by atoms with van der Waals surface area (Å²) in [6, 6.07) is 0. The minimum atomic E-state index is -0.552. The monoisotopic (exact) mass is 128 g/mol. The van der Waals surface area contributed by atoms with Gasteiger partial charge >= 0.3 is 0 Å². The van der Waals surface area contributed by atoms with E-state index in [1.807, 2.05) is 0 Å². The molecule has 0 nitrogen and oxygen atoms in total. The van der Waals surface area contributed by atoms with Gasteiger partial charge in [-0.15, -0.1) is 0 Å². The number of hydrogen-bond donors (Lipinski definition) is 0. The Kier molecular flexibility index (Phi) is 1.47. The molecular formula is C7H6F2. The third-order valence-electron chi connectivity index (χ3n) is 1.03. The van der Waals surface area contributed by atoms with E-state index in [1.54, 1.807) is 0 Å². The van der Waals surface area contributed by atoms with E-state index in [9.17, 15) is 8.78 Å². The smallest absolute Gasteiger partial charge is 0.126 e. The van der Waals surface area contributed by atoms with E-state index in [4.69, 9.17) is 0 Å². The first-order chi connectivity index (χ1) is 4.18. The fourth-order valence-electron chi connectivity index (χ4n) is 0.705. The van der Waals surface area contributed by atoms with Crippen molar-refractivity contribution in [1.82, 2.24) is 0 Å². The highest BCUT2D eigenvalue weighted by Gasteiger charge is 2.05. The molecule has 0 saturated carbocycles. The Labute approximate surface area is 52.2 Å². The van der Waals surface area contributed by atoms with E-state index in [0.717, 1.165) is 6.08 Å². The fourth-order valence-corrected chi connectivity index (χ4v) is 0.705. The van der Waals surface area contributed by atoms with E-state index in [0.29, 0.717) is 5.57 Å². The van der Waals surface area contributed by atoms with Crippen LogP contribution in [0, 0.1) is 0 Å². The molecule has 0 fully saturated rings. The first-order valence-electron chi connectivity index (χ1n) is 2.59. The molecule has 0 N–H and O–H groups in total. The molecule has 0 aromatic carbocycles. The van der Waals surface area contributed by atoms with E-state index >= 15 is 0 Å². The van der Waals surface area contributed by atoms with Crippen LogP contribution in [0.5, 0.6) is 0 Å². The number of rotatable bonds is 0. The van der Waals surface area contributed by atoms with Gasteiger partial charge in [0.1, 0.15) is 11.7 Å². The molecule has 0 unspecified atom stereocenters. The number of allylic oxidation sites excluding steroid dienone is 5. The van der Waals surface area contributed by atoms with Crippen molar-refractivity contribution in [2.45, 2.75) is 6.42 Å². The maximum atomic E-state index is 12.2. The Morgan fingerprint density at radius 1 is 1.33 bits per heavy atom. The molecule has 0 bridgehead atoms. The quantitative estimate of drug-likeness (QED) is 0.470. The SMILES string of the molecule is C=C1C=C(F)C=C(F)C1. The highest BCUT2D eigenvalue weighted by Crippen LogP contribution is 2.21. The van der Waals surface area contributed by atoms with Crippen molar-refractivity contribution in [2.75, 3.05) is 0 Å². The lowest BCUT2D eigenvalue weighted by Crippen LogP contribution is -1.86. The highest BCUT2D eigenvalue weighted by molar-refractivity contribution is 5.33. The molecule has 48 valence electrons. The first kappa shape index (κ1) is 6.20.